The van der Waals surface area contributed by atoms with Crippen molar-refractivity contribution in [2.24, 2.45) is 5.10 Å². The highest BCUT2D eigenvalue weighted by Gasteiger charge is 2.35. The number of hydrogen-bond acceptors (Lipinski definition) is 5. The second-order valence-electron chi connectivity index (χ2n) is 4.77. The normalized spacial score (nSPS) is 22.6. The fourth-order valence-electron chi connectivity index (χ4n) is 2.33. The van der Waals surface area contributed by atoms with Gasteiger partial charge in [0.2, 0.25) is 0 Å². The second-order valence-corrected chi connectivity index (χ2v) is 5.92. The summed E-state index contributed by atoms with van der Waals surface area (Å²) >= 11 is 1.80. The predicted octanol–water partition coefficient (Wildman–Crippen LogP) is 0.786. The molecule has 2 aliphatic rings. The zero-order valence-corrected chi connectivity index (χ0v) is 11.5. The van der Waals surface area contributed by atoms with E-state index in [1.807, 2.05) is 25.1 Å². The van der Waals surface area contributed by atoms with Crippen LogP contribution < -0.4 is 11.2 Å². The predicted molar refractivity (Wildman–Crippen MR) is 78.1 cm³/mol. The number of carbonyl (C=O) groups excluding carboxylic acids is 1. The fraction of sp³-hybridized carbons (Fsp3) is 0.385. The summed E-state index contributed by atoms with van der Waals surface area (Å²) in [5, 5.41) is 4.21. The number of rotatable bonds is 1. The van der Waals surface area contributed by atoms with E-state index in [9.17, 15) is 4.79 Å². The lowest BCUT2D eigenvalue weighted by atomic mass is 10.1. The van der Waals surface area contributed by atoms with Crippen LogP contribution in [0.3, 0.4) is 0 Å². The second kappa shape index (κ2) is 4.77. The highest BCUT2D eigenvalue weighted by Crippen LogP contribution is 2.23. The average molecular weight is 276 g/mol. The number of amidine groups is 1. The van der Waals surface area contributed by atoms with Crippen LogP contribution in [-0.4, -0.2) is 40.7 Å². The van der Waals surface area contributed by atoms with Crippen LogP contribution in [0.15, 0.2) is 23.3 Å². The monoisotopic (exact) mass is 276 g/mol. The molecule has 0 saturated carbocycles. The molecule has 19 heavy (non-hydrogen) atoms. The van der Waals surface area contributed by atoms with Crippen molar-refractivity contribution in [2.75, 3.05) is 23.8 Å². The number of benzene rings is 1. The van der Waals surface area contributed by atoms with Gasteiger partial charge in [-0.15, -0.1) is 0 Å². The van der Waals surface area contributed by atoms with Gasteiger partial charge in [-0.3, -0.25) is 4.79 Å². The van der Waals surface area contributed by atoms with E-state index in [1.165, 1.54) is 0 Å². The minimum atomic E-state index is -0.117. The van der Waals surface area contributed by atoms with Crippen LogP contribution in [0.4, 0.5) is 5.69 Å². The Morgan fingerprint density at radius 2 is 2.37 bits per heavy atom. The van der Waals surface area contributed by atoms with E-state index in [0.29, 0.717) is 0 Å². The zero-order chi connectivity index (χ0) is 13.4. The van der Waals surface area contributed by atoms with Crippen molar-refractivity contribution in [1.82, 2.24) is 10.3 Å². The Balaban J connectivity index is 1.98. The van der Waals surface area contributed by atoms with Crippen molar-refractivity contribution >= 4 is 29.2 Å². The minimum Gasteiger partial charge on any atom is -0.398 e. The molecule has 1 unspecified atom stereocenters. The topological polar surface area (TPSA) is 70.7 Å². The molecule has 2 aliphatic heterocycles. The molecule has 3 rings (SSSR count). The summed E-state index contributed by atoms with van der Waals surface area (Å²) in [4.78, 5) is 13.9. The van der Waals surface area contributed by atoms with Gasteiger partial charge in [-0.25, -0.2) is 5.43 Å². The summed E-state index contributed by atoms with van der Waals surface area (Å²) in [6.45, 7) is 2.82. The van der Waals surface area contributed by atoms with Crippen LogP contribution in [0.5, 0.6) is 0 Å². The van der Waals surface area contributed by atoms with Crippen molar-refractivity contribution in [1.29, 1.82) is 0 Å². The lowest BCUT2D eigenvalue weighted by molar-refractivity contribution is -0.125. The number of hydrazone groups is 1. The van der Waals surface area contributed by atoms with E-state index in [1.54, 1.807) is 11.8 Å². The van der Waals surface area contributed by atoms with Gasteiger partial charge in [0, 0.05) is 29.3 Å². The van der Waals surface area contributed by atoms with Crippen molar-refractivity contribution in [3.63, 3.8) is 0 Å². The Bertz CT molecular complexity index is 558. The molecule has 0 aliphatic carbocycles. The van der Waals surface area contributed by atoms with Crippen LogP contribution >= 0.6 is 11.8 Å². The standard InChI is InChI=1S/C13H16N4OS/c1-8-2-3-9(6-10(8)14)12-15-16-13(18)11-7-19-5-4-17(11)12/h2-3,6,11H,4-5,7,14H2,1H3,(H,16,18). The number of nitrogens with one attached hydrogen (secondary N) is 1. The van der Waals surface area contributed by atoms with Gasteiger partial charge in [-0.2, -0.15) is 16.9 Å². The number of nitrogens with two attached hydrogens (primary N) is 1. The van der Waals surface area contributed by atoms with Crippen molar-refractivity contribution in [3.8, 4) is 0 Å². The molecule has 1 amide bonds. The highest BCUT2D eigenvalue weighted by molar-refractivity contribution is 7.99. The maximum atomic E-state index is 11.8. The first-order valence-corrected chi connectivity index (χ1v) is 7.41. The zero-order valence-electron chi connectivity index (χ0n) is 10.7. The van der Waals surface area contributed by atoms with Gasteiger partial charge in [-0.1, -0.05) is 12.1 Å². The van der Waals surface area contributed by atoms with E-state index in [2.05, 4.69) is 15.4 Å². The molecule has 0 spiro atoms. The number of carbonyl (C=O) groups is 1. The fourth-order valence-corrected chi connectivity index (χ4v) is 3.38. The molecule has 1 fully saturated rings. The molecular weight excluding hydrogens is 260 g/mol. The van der Waals surface area contributed by atoms with E-state index in [-0.39, 0.29) is 11.9 Å². The van der Waals surface area contributed by atoms with Gasteiger partial charge in [0.05, 0.1) is 0 Å². The maximum Gasteiger partial charge on any atom is 0.263 e. The molecule has 1 saturated heterocycles. The molecule has 0 bridgehead atoms. The van der Waals surface area contributed by atoms with Gasteiger partial charge < -0.3 is 10.6 Å². The van der Waals surface area contributed by atoms with E-state index in [0.717, 1.165) is 40.7 Å². The Morgan fingerprint density at radius 1 is 1.53 bits per heavy atom. The maximum absolute atomic E-state index is 11.8. The number of nitrogen functional groups attached to an aromatic ring is 1. The first-order valence-electron chi connectivity index (χ1n) is 6.25. The van der Waals surface area contributed by atoms with Gasteiger partial charge in [0.25, 0.3) is 5.91 Å². The number of amides is 1. The summed E-state index contributed by atoms with van der Waals surface area (Å²) in [6.07, 6.45) is 0. The number of fused-ring (bicyclic) bond motifs is 1. The molecule has 3 N–H and O–H groups in total. The highest BCUT2D eigenvalue weighted by atomic mass is 32.2. The average Bonchev–Trinajstić information content (AvgIpc) is 2.43. The molecule has 6 heteroatoms. The quantitative estimate of drug-likeness (QED) is 0.744. The van der Waals surface area contributed by atoms with Crippen LogP contribution in [0.1, 0.15) is 11.1 Å². The Hall–Kier alpha value is -1.69. The van der Waals surface area contributed by atoms with E-state index < -0.39 is 0 Å². The van der Waals surface area contributed by atoms with E-state index >= 15 is 0 Å². The molecule has 100 valence electrons. The largest absolute Gasteiger partial charge is 0.398 e. The van der Waals surface area contributed by atoms with E-state index in [4.69, 9.17) is 5.73 Å². The smallest absolute Gasteiger partial charge is 0.263 e. The van der Waals surface area contributed by atoms with Crippen LogP contribution in [0.25, 0.3) is 0 Å². The third kappa shape index (κ3) is 2.16. The molecule has 0 radical (unpaired) electrons. The molecule has 5 nitrogen and oxygen atoms in total. The van der Waals surface area contributed by atoms with Gasteiger partial charge >= 0.3 is 0 Å². The first kappa shape index (κ1) is 12.3. The summed E-state index contributed by atoms with van der Waals surface area (Å²) in [5.74, 6) is 2.63. The van der Waals surface area contributed by atoms with Crippen LogP contribution in [-0.2, 0) is 4.79 Å². The summed E-state index contributed by atoms with van der Waals surface area (Å²) < 4.78 is 0. The number of nitrogens with zero attached hydrogens (tertiary/aromatic N) is 2. The number of aryl methyl sites for hydroxylation is 1. The molecule has 1 aromatic rings. The number of hydrogen-bond donors (Lipinski definition) is 2. The molecular formula is C13H16N4OS. The Morgan fingerprint density at radius 3 is 3.16 bits per heavy atom. The summed E-state index contributed by atoms with van der Waals surface area (Å²) in [5.41, 5.74) is 11.3. The van der Waals surface area contributed by atoms with Gasteiger partial charge in [-0.05, 0) is 18.6 Å². The van der Waals surface area contributed by atoms with Crippen LogP contribution in [0, 0.1) is 6.92 Å². The third-order valence-corrected chi connectivity index (χ3v) is 4.54. The molecule has 1 aromatic carbocycles. The SMILES string of the molecule is Cc1ccc(C2=NNC(=O)C3CSCCN23)cc1N. The summed E-state index contributed by atoms with van der Waals surface area (Å²) in [6, 6.07) is 5.79. The molecule has 1 atom stereocenters. The first-order chi connectivity index (χ1) is 9.16. The third-order valence-electron chi connectivity index (χ3n) is 3.51. The molecule has 0 aromatic heterocycles. The van der Waals surface area contributed by atoms with Crippen molar-refractivity contribution in [3.05, 3.63) is 29.3 Å². The van der Waals surface area contributed by atoms with Gasteiger partial charge in [0.15, 0.2) is 5.84 Å². The Kier molecular flexibility index (Phi) is 3.10. The van der Waals surface area contributed by atoms with Crippen molar-refractivity contribution < 1.29 is 4.79 Å². The van der Waals surface area contributed by atoms with Gasteiger partial charge in [0.1, 0.15) is 6.04 Å². The Labute approximate surface area is 116 Å². The lowest BCUT2D eigenvalue weighted by Crippen LogP contribution is -2.57. The molecule has 2 heterocycles. The van der Waals surface area contributed by atoms with Crippen molar-refractivity contribution in [2.45, 2.75) is 13.0 Å². The number of anilines is 1. The lowest BCUT2D eigenvalue weighted by Gasteiger charge is -2.38. The van der Waals surface area contributed by atoms with Crippen LogP contribution in [0.2, 0.25) is 0 Å². The minimum absolute atomic E-state index is 0.0176. The summed E-state index contributed by atoms with van der Waals surface area (Å²) in [7, 11) is 0. The number of thioether (sulfide) groups is 1.